The Kier molecular flexibility index (Phi) is 6.98. The summed E-state index contributed by atoms with van der Waals surface area (Å²) in [6.45, 7) is 4.74. The van der Waals surface area contributed by atoms with Gasteiger partial charge in [0, 0.05) is 50.0 Å². The minimum Gasteiger partial charge on any atom is -0.310 e. The summed E-state index contributed by atoms with van der Waals surface area (Å²) in [7, 11) is 0. The van der Waals surface area contributed by atoms with Gasteiger partial charge in [0.1, 0.15) is 0 Å². The van der Waals surface area contributed by atoms with E-state index in [0.29, 0.717) is 0 Å². The van der Waals surface area contributed by atoms with Gasteiger partial charge in [-0.25, -0.2) is 0 Å². The SMILES string of the molecule is CC1(C)c2ccc3cc2-c2cc(ccc21)N(c1cccc2c1c1ccccc1n2-c1cccc2ccccc12)c1cccc(c1)-c1cccc(c1)N3c1ccccc1. The van der Waals surface area contributed by atoms with Crippen molar-refractivity contribution in [3.63, 3.8) is 0 Å². The maximum Gasteiger partial charge on any atom is 0.0562 e. The van der Waals surface area contributed by atoms with Crippen LogP contribution in [0.3, 0.4) is 0 Å². The molecule has 0 radical (unpaired) electrons. The van der Waals surface area contributed by atoms with Crippen LogP contribution in [0.1, 0.15) is 25.0 Å². The molecule has 274 valence electrons. The second-order valence-electron chi connectivity index (χ2n) is 16.2. The molecule has 0 unspecified atom stereocenters. The van der Waals surface area contributed by atoms with E-state index in [4.69, 9.17) is 0 Å². The highest BCUT2D eigenvalue weighted by molar-refractivity contribution is 6.17. The molecule has 1 aliphatic heterocycles. The summed E-state index contributed by atoms with van der Waals surface area (Å²) in [5, 5.41) is 4.91. The Bertz CT molecular complexity index is 3270. The average Bonchev–Trinajstić information content (AvgIpc) is 3.72. The fourth-order valence-corrected chi connectivity index (χ4v) is 9.97. The zero-order valence-electron chi connectivity index (χ0n) is 32.4. The number of aromatic nitrogens is 1. The maximum atomic E-state index is 2.49. The number of fused-ring (bicyclic) bond motifs is 11. The van der Waals surface area contributed by atoms with Gasteiger partial charge in [-0.2, -0.15) is 0 Å². The third-order valence-electron chi connectivity index (χ3n) is 12.6. The van der Waals surface area contributed by atoms with Crippen molar-refractivity contribution in [1.82, 2.24) is 4.57 Å². The molecule has 0 saturated heterocycles. The first-order valence-corrected chi connectivity index (χ1v) is 20.2. The van der Waals surface area contributed by atoms with Crippen LogP contribution in [0, 0.1) is 0 Å². The van der Waals surface area contributed by atoms with E-state index in [1.165, 1.54) is 66.1 Å². The van der Waals surface area contributed by atoms with Crippen molar-refractivity contribution in [2.24, 2.45) is 0 Å². The summed E-state index contributed by atoms with van der Waals surface area (Å²) in [4.78, 5) is 4.89. The molecule has 2 aliphatic rings. The standard InChI is InChI=1S/C55H39N3/c1-55(2)48-30-28-42-34-46(48)47-35-43(29-31-49(47)55)57(41-21-11-17-38(33-41)37-16-10-20-40(32-37)56(42)39-18-4-3-5-19-39)52-26-13-27-53-54(52)45-23-8-9-24-51(45)58(53)50-25-12-15-36-14-6-7-22-44(36)50/h3-35H,1-2H3. The van der Waals surface area contributed by atoms with Gasteiger partial charge in [0.25, 0.3) is 0 Å². The van der Waals surface area contributed by atoms with Crippen molar-refractivity contribution in [2.45, 2.75) is 19.3 Å². The molecular weight excluding hydrogens is 703 g/mol. The number of hydrogen-bond acceptors (Lipinski definition) is 2. The van der Waals surface area contributed by atoms with Crippen LogP contribution in [0.15, 0.2) is 200 Å². The van der Waals surface area contributed by atoms with Crippen LogP contribution in [0.5, 0.6) is 0 Å². The minimum atomic E-state index is -0.149. The van der Waals surface area contributed by atoms with Crippen LogP contribution in [0.4, 0.5) is 34.1 Å². The highest BCUT2D eigenvalue weighted by Gasteiger charge is 2.37. The molecular formula is C55H39N3. The van der Waals surface area contributed by atoms with Crippen molar-refractivity contribution < 1.29 is 0 Å². The number of nitrogens with zero attached hydrogens (tertiary/aromatic N) is 3. The molecule has 0 N–H and O–H groups in total. The van der Waals surface area contributed by atoms with Gasteiger partial charge in [0.2, 0.25) is 0 Å². The van der Waals surface area contributed by atoms with E-state index < -0.39 is 0 Å². The molecule has 1 aliphatic carbocycles. The third-order valence-corrected chi connectivity index (χ3v) is 12.6. The third kappa shape index (κ3) is 4.74. The summed E-state index contributed by atoms with van der Waals surface area (Å²) >= 11 is 0. The predicted molar refractivity (Wildman–Crippen MR) is 244 cm³/mol. The second kappa shape index (κ2) is 12.3. The lowest BCUT2D eigenvalue weighted by Crippen LogP contribution is -2.16. The minimum absolute atomic E-state index is 0.149. The first-order chi connectivity index (χ1) is 28.5. The van der Waals surface area contributed by atoms with Crippen LogP contribution >= 0.6 is 0 Å². The van der Waals surface area contributed by atoms with E-state index >= 15 is 0 Å². The molecule has 3 nitrogen and oxygen atoms in total. The van der Waals surface area contributed by atoms with Crippen LogP contribution in [0.25, 0.3) is 60.5 Å². The zero-order chi connectivity index (χ0) is 38.5. The second-order valence-corrected chi connectivity index (χ2v) is 16.2. The normalized spacial score (nSPS) is 13.8. The lowest BCUT2D eigenvalue weighted by Gasteiger charge is -2.29. The zero-order valence-corrected chi connectivity index (χ0v) is 32.4. The molecule has 0 saturated carbocycles. The van der Waals surface area contributed by atoms with Gasteiger partial charge in [-0.1, -0.05) is 129 Å². The Morgan fingerprint density at radius 1 is 0.362 bits per heavy atom. The van der Waals surface area contributed by atoms with Crippen molar-refractivity contribution in [2.75, 3.05) is 9.80 Å². The number of benzene rings is 9. The Morgan fingerprint density at radius 2 is 0.879 bits per heavy atom. The Hall–Kier alpha value is -7.36. The lowest BCUT2D eigenvalue weighted by atomic mass is 9.82. The molecule has 0 spiro atoms. The van der Waals surface area contributed by atoms with Crippen molar-refractivity contribution >= 4 is 66.7 Å². The van der Waals surface area contributed by atoms with E-state index in [0.717, 1.165) is 39.7 Å². The molecule has 58 heavy (non-hydrogen) atoms. The molecule has 12 rings (SSSR count). The highest BCUT2D eigenvalue weighted by Crippen LogP contribution is 2.53. The average molecular weight is 742 g/mol. The molecule has 8 bridgehead atoms. The van der Waals surface area contributed by atoms with Gasteiger partial charge >= 0.3 is 0 Å². The lowest BCUT2D eigenvalue weighted by molar-refractivity contribution is 0.660. The maximum absolute atomic E-state index is 2.49. The van der Waals surface area contributed by atoms with Gasteiger partial charge in [0.15, 0.2) is 0 Å². The van der Waals surface area contributed by atoms with Crippen molar-refractivity contribution in [3.05, 3.63) is 211 Å². The van der Waals surface area contributed by atoms with Gasteiger partial charge < -0.3 is 14.4 Å². The van der Waals surface area contributed by atoms with Gasteiger partial charge in [-0.05, 0) is 124 Å². The fraction of sp³-hybridized carbons (Fsp3) is 0.0545. The van der Waals surface area contributed by atoms with Crippen LogP contribution in [-0.2, 0) is 5.41 Å². The summed E-state index contributed by atoms with van der Waals surface area (Å²) in [5.41, 5.74) is 17.8. The smallest absolute Gasteiger partial charge is 0.0562 e. The van der Waals surface area contributed by atoms with Gasteiger partial charge in [0.05, 0.1) is 22.4 Å². The highest BCUT2D eigenvalue weighted by atomic mass is 15.2. The first kappa shape index (κ1) is 32.8. The molecule has 1 aromatic heterocycles. The Morgan fingerprint density at radius 3 is 1.62 bits per heavy atom. The monoisotopic (exact) mass is 741 g/mol. The summed E-state index contributed by atoms with van der Waals surface area (Å²) in [6.07, 6.45) is 0. The number of para-hydroxylation sites is 2. The summed E-state index contributed by atoms with van der Waals surface area (Å²) in [5.74, 6) is 0. The predicted octanol–water partition coefficient (Wildman–Crippen LogP) is 15.2. The Labute approximate surface area is 338 Å². The van der Waals surface area contributed by atoms with E-state index in [-0.39, 0.29) is 5.41 Å². The molecule has 0 atom stereocenters. The van der Waals surface area contributed by atoms with E-state index in [9.17, 15) is 0 Å². The van der Waals surface area contributed by atoms with Crippen LogP contribution in [-0.4, -0.2) is 4.57 Å². The van der Waals surface area contributed by atoms with Gasteiger partial charge in [-0.3, -0.25) is 0 Å². The van der Waals surface area contributed by atoms with E-state index in [1.807, 2.05) is 0 Å². The molecule has 3 heteroatoms. The fourth-order valence-electron chi connectivity index (χ4n) is 9.97. The largest absolute Gasteiger partial charge is 0.310 e. The number of hydrogen-bond donors (Lipinski definition) is 0. The topological polar surface area (TPSA) is 11.4 Å². The molecule has 9 aromatic carbocycles. The Balaban J connectivity index is 1.17. The summed E-state index contributed by atoms with van der Waals surface area (Å²) < 4.78 is 2.46. The number of anilines is 6. The first-order valence-electron chi connectivity index (χ1n) is 20.2. The van der Waals surface area contributed by atoms with Crippen molar-refractivity contribution in [3.8, 4) is 27.9 Å². The van der Waals surface area contributed by atoms with Gasteiger partial charge in [-0.15, -0.1) is 0 Å². The van der Waals surface area contributed by atoms with Crippen molar-refractivity contribution in [1.29, 1.82) is 0 Å². The molecule has 10 aromatic rings. The molecule has 0 amide bonds. The molecule has 2 heterocycles. The molecule has 0 fully saturated rings. The number of rotatable bonds is 3. The van der Waals surface area contributed by atoms with E-state index in [1.54, 1.807) is 0 Å². The quantitative estimate of drug-likeness (QED) is 0.179. The summed E-state index contributed by atoms with van der Waals surface area (Å²) in [6, 6.07) is 74.1. The van der Waals surface area contributed by atoms with E-state index in [2.05, 4.69) is 228 Å². The van der Waals surface area contributed by atoms with Crippen LogP contribution in [0.2, 0.25) is 0 Å². The van der Waals surface area contributed by atoms with Crippen LogP contribution < -0.4 is 9.80 Å².